The van der Waals surface area contributed by atoms with Crippen molar-refractivity contribution in [2.24, 2.45) is 0 Å². The van der Waals surface area contributed by atoms with E-state index in [0.717, 1.165) is 28.8 Å². The van der Waals surface area contributed by atoms with Crippen LogP contribution >= 0.6 is 15.9 Å². The SMILES string of the molecule is Cc1c(C([O-])=C2C(=O)C(=O)N(CC[NH+]3CCOCC3)C2c2ccc(Br)cc2)cnn1-c1ccccc1. The molecule has 0 spiro atoms. The van der Waals surface area contributed by atoms with E-state index < -0.39 is 23.5 Å². The van der Waals surface area contributed by atoms with Crippen molar-refractivity contribution in [3.63, 3.8) is 0 Å². The van der Waals surface area contributed by atoms with Crippen LogP contribution in [-0.2, 0) is 14.3 Å². The molecule has 1 amide bonds. The monoisotopic (exact) mass is 550 g/mol. The standard InChI is InChI=1S/C27H27BrN4O4/c1-18-22(17-29-32(18)21-5-3-2-4-6-21)25(33)23-24(19-7-9-20(28)10-8-19)31(27(35)26(23)34)12-11-30-13-15-36-16-14-30/h2-10,17,24,33H,11-16H2,1H3. The minimum atomic E-state index is -0.745. The van der Waals surface area contributed by atoms with Crippen LogP contribution in [0.2, 0.25) is 0 Å². The molecule has 1 unspecified atom stereocenters. The van der Waals surface area contributed by atoms with Gasteiger partial charge in [-0.3, -0.25) is 9.59 Å². The predicted octanol–water partition coefficient (Wildman–Crippen LogP) is 1.08. The van der Waals surface area contributed by atoms with E-state index in [1.165, 1.54) is 11.1 Å². The van der Waals surface area contributed by atoms with Gasteiger partial charge in [-0.1, -0.05) is 52.0 Å². The maximum atomic E-state index is 13.8. The van der Waals surface area contributed by atoms with Gasteiger partial charge in [0.25, 0.3) is 5.91 Å². The van der Waals surface area contributed by atoms with Crippen molar-refractivity contribution in [3.05, 3.63) is 87.7 Å². The number of aromatic nitrogens is 2. The van der Waals surface area contributed by atoms with Crippen LogP contribution in [0.4, 0.5) is 0 Å². The Morgan fingerprint density at radius 2 is 1.81 bits per heavy atom. The minimum absolute atomic E-state index is 0.0185. The van der Waals surface area contributed by atoms with Crippen LogP contribution in [0.5, 0.6) is 0 Å². The third-order valence-electron chi connectivity index (χ3n) is 6.88. The Hall–Kier alpha value is -3.27. The average molecular weight is 551 g/mol. The highest BCUT2D eigenvalue weighted by Gasteiger charge is 2.44. The number of nitrogens with one attached hydrogen (secondary N) is 1. The van der Waals surface area contributed by atoms with Crippen LogP contribution < -0.4 is 10.0 Å². The van der Waals surface area contributed by atoms with E-state index in [-0.39, 0.29) is 5.57 Å². The summed E-state index contributed by atoms with van der Waals surface area (Å²) in [5.74, 6) is -1.83. The van der Waals surface area contributed by atoms with Crippen molar-refractivity contribution in [1.82, 2.24) is 14.7 Å². The van der Waals surface area contributed by atoms with Gasteiger partial charge in [0.2, 0.25) is 5.78 Å². The molecule has 0 aliphatic carbocycles. The van der Waals surface area contributed by atoms with Crippen molar-refractivity contribution in [2.45, 2.75) is 13.0 Å². The maximum absolute atomic E-state index is 13.8. The minimum Gasteiger partial charge on any atom is -0.872 e. The van der Waals surface area contributed by atoms with E-state index in [9.17, 15) is 14.7 Å². The summed E-state index contributed by atoms with van der Waals surface area (Å²) in [6.07, 6.45) is 1.48. The Labute approximate surface area is 217 Å². The third-order valence-corrected chi connectivity index (χ3v) is 7.41. The van der Waals surface area contributed by atoms with Gasteiger partial charge in [0.05, 0.1) is 44.2 Å². The molecule has 1 aromatic heterocycles. The number of para-hydroxylation sites is 1. The number of quaternary nitrogens is 1. The number of hydrogen-bond donors (Lipinski definition) is 1. The summed E-state index contributed by atoms with van der Waals surface area (Å²) in [5, 5.41) is 18.2. The van der Waals surface area contributed by atoms with Gasteiger partial charge in [-0.05, 0) is 36.8 Å². The smallest absolute Gasteiger partial charge is 0.295 e. The molecule has 3 aromatic rings. The van der Waals surface area contributed by atoms with Crippen molar-refractivity contribution in [3.8, 4) is 5.69 Å². The van der Waals surface area contributed by atoms with Gasteiger partial charge in [-0.25, -0.2) is 4.68 Å². The van der Waals surface area contributed by atoms with E-state index in [2.05, 4.69) is 21.0 Å². The zero-order chi connectivity index (χ0) is 25.2. The van der Waals surface area contributed by atoms with E-state index >= 15 is 0 Å². The van der Waals surface area contributed by atoms with Gasteiger partial charge in [0.15, 0.2) is 0 Å². The Morgan fingerprint density at radius 3 is 2.50 bits per heavy atom. The molecule has 8 nitrogen and oxygen atoms in total. The van der Waals surface area contributed by atoms with Crippen LogP contribution in [0, 0.1) is 6.92 Å². The number of carbonyl (C=O) groups excluding carboxylic acids is 2. The van der Waals surface area contributed by atoms with Crippen LogP contribution in [-0.4, -0.2) is 65.8 Å². The molecule has 186 valence electrons. The number of ether oxygens (including phenoxy) is 1. The van der Waals surface area contributed by atoms with Crippen LogP contribution in [0.1, 0.15) is 22.9 Å². The summed E-state index contributed by atoms with van der Waals surface area (Å²) in [6, 6.07) is 16.1. The summed E-state index contributed by atoms with van der Waals surface area (Å²) >= 11 is 3.44. The number of likely N-dealkylation sites (tertiary alicyclic amines) is 1. The molecule has 2 fully saturated rings. The van der Waals surface area contributed by atoms with Gasteiger partial charge in [-0.2, -0.15) is 5.10 Å². The van der Waals surface area contributed by atoms with Crippen molar-refractivity contribution in [1.29, 1.82) is 0 Å². The Morgan fingerprint density at radius 1 is 1.11 bits per heavy atom. The molecular formula is C27H27BrN4O4. The fraction of sp³-hybridized carbons (Fsp3) is 0.296. The number of halogens is 1. The number of nitrogens with zero attached hydrogens (tertiary/aromatic N) is 3. The van der Waals surface area contributed by atoms with Crippen molar-refractivity contribution in [2.75, 3.05) is 39.4 Å². The van der Waals surface area contributed by atoms with E-state index in [0.29, 0.717) is 37.6 Å². The molecule has 0 saturated carbocycles. The lowest BCUT2D eigenvalue weighted by molar-refractivity contribution is -0.907. The van der Waals surface area contributed by atoms with Gasteiger partial charge < -0.3 is 19.6 Å². The summed E-state index contributed by atoms with van der Waals surface area (Å²) in [4.78, 5) is 29.4. The zero-order valence-corrected chi connectivity index (χ0v) is 21.5. The highest BCUT2D eigenvalue weighted by molar-refractivity contribution is 9.10. The molecule has 1 N–H and O–H groups in total. The number of rotatable bonds is 6. The third kappa shape index (κ3) is 4.61. The van der Waals surface area contributed by atoms with Crippen LogP contribution in [0.15, 0.2) is 70.8 Å². The average Bonchev–Trinajstić information content (AvgIpc) is 3.41. The second-order valence-corrected chi connectivity index (χ2v) is 9.94. The number of ketones is 1. The molecule has 9 heteroatoms. The van der Waals surface area contributed by atoms with Crippen molar-refractivity contribution < 1.29 is 24.3 Å². The van der Waals surface area contributed by atoms with Crippen LogP contribution in [0.3, 0.4) is 0 Å². The summed E-state index contributed by atoms with van der Waals surface area (Å²) in [5.41, 5.74) is 2.45. The lowest BCUT2D eigenvalue weighted by Gasteiger charge is -2.30. The van der Waals surface area contributed by atoms with E-state index in [1.54, 1.807) is 16.5 Å². The molecule has 1 atom stereocenters. The molecule has 5 rings (SSSR count). The normalized spacial score (nSPS) is 20.3. The first kappa shape index (κ1) is 24.4. The van der Waals surface area contributed by atoms with Gasteiger partial charge >= 0.3 is 0 Å². The largest absolute Gasteiger partial charge is 0.872 e. The van der Waals surface area contributed by atoms with Gasteiger partial charge in [0.1, 0.15) is 13.1 Å². The molecular weight excluding hydrogens is 524 g/mol. The number of morpholine rings is 1. The predicted molar refractivity (Wildman–Crippen MR) is 135 cm³/mol. The molecule has 3 heterocycles. The Balaban J connectivity index is 1.55. The van der Waals surface area contributed by atoms with Gasteiger partial charge in [-0.15, -0.1) is 0 Å². The summed E-state index contributed by atoms with van der Waals surface area (Å²) < 4.78 is 7.98. The molecule has 2 aromatic carbocycles. The lowest BCUT2D eigenvalue weighted by Crippen LogP contribution is -3.14. The van der Waals surface area contributed by atoms with Gasteiger partial charge in [0, 0.05) is 21.3 Å². The topological polar surface area (TPSA) is 91.9 Å². The highest BCUT2D eigenvalue weighted by Crippen LogP contribution is 2.39. The molecule has 0 radical (unpaired) electrons. The lowest BCUT2D eigenvalue weighted by atomic mass is 9.95. The van der Waals surface area contributed by atoms with E-state index in [1.807, 2.05) is 54.6 Å². The first-order valence-corrected chi connectivity index (χ1v) is 12.8. The highest BCUT2D eigenvalue weighted by atomic mass is 79.9. The summed E-state index contributed by atoms with van der Waals surface area (Å²) in [7, 11) is 0. The molecule has 2 aliphatic heterocycles. The van der Waals surface area contributed by atoms with E-state index in [4.69, 9.17) is 4.74 Å². The number of hydrogen-bond acceptors (Lipinski definition) is 5. The molecule has 0 bridgehead atoms. The quantitative estimate of drug-likeness (QED) is 0.282. The van der Waals surface area contributed by atoms with Crippen LogP contribution in [0.25, 0.3) is 11.4 Å². The number of benzene rings is 2. The second-order valence-electron chi connectivity index (χ2n) is 9.03. The second kappa shape index (κ2) is 10.4. The molecule has 36 heavy (non-hydrogen) atoms. The van der Waals surface area contributed by atoms with Crippen molar-refractivity contribution >= 4 is 33.4 Å². The number of Topliss-reactive ketones (excluding diaryl/α,β-unsaturated/α-hetero) is 1. The molecule has 2 aliphatic rings. The summed E-state index contributed by atoms with van der Waals surface area (Å²) in [6.45, 7) is 5.92. The maximum Gasteiger partial charge on any atom is 0.295 e. The Bertz CT molecular complexity index is 1300. The zero-order valence-electron chi connectivity index (χ0n) is 19.9. The fourth-order valence-corrected chi connectivity index (χ4v) is 5.15. The number of amides is 1. The Kier molecular flexibility index (Phi) is 7.04. The number of carbonyl (C=O) groups is 2. The molecule has 2 saturated heterocycles. The first-order valence-electron chi connectivity index (χ1n) is 12.0. The first-order chi connectivity index (χ1) is 17.5. The fourth-order valence-electron chi connectivity index (χ4n) is 4.89.